The van der Waals surface area contributed by atoms with Crippen LogP contribution in [0, 0.1) is 13.8 Å². The van der Waals surface area contributed by atoms with Crippen molar-refractivity contribution in [1.29, 1.82) is 0 Å². The van der Waals surface area contributed by atoms with E-state index in [0.717, 1.165) is 43.1 Å². The molecule has 1 fully saturated rings. The third-order valence-electron chi connectivity index (χ3n) is 5.76. The van der Waals surface area contributed by atoms with Crippen molar-refractivity contribution in [3.8, 4) is 5.75 Å². The zero-order valence-corrected chi connectivity index (χ0v) is 18.1. The molecule has 0 saturated carbocycles. The number of ether oxygens (including phenoxy) is 1. The van der Waals surface area contributed by atoms with Crippen LogP contribution in [-0.2, 0) is 11.3 Å². The number of hydrogen-bond donors (Lipinski definition) is 1. The van der Waals surface area contributed by atoms with Gasteiger partial charge in [-0.1, -0.05) is 31.2 Å². The first-order valence-electron chi connectivity index (χ1n) is 10.5. The number of likely N-dealkylation sites (N-methyl/N-ethyl adjacent to an activating group) is 1. The zero-order chi connectivity index (χ0) is 20.8. The van der Waals surface area contributed by atoms with Crippen molar-refractivity contribution >= 4 is 11.6 Å². The van der Waals surface area contributed by atoms with E-state index in [-0.39, 0.29) is 5.91 Å². The van der Waals surface area contributed by atoms with Crippen LogP contribution in [0.4, 0.5) is 5.69 Å². The van der Waals surface area contributed by atoms with Crippen molar-refractivity contribution in [2.24, 2.45) is 0 Å². The molecule has 0 aromatic heterocycles. The molecule has 5 nitrogen and oxygen atoms in total. The Hall–Kier alpha value is -2.53. The van der Waals surface area contributed by atoms with Crippen LogP contribution < -0.4 is 15.0 Å². The highest BCUT2D eigenvalue weighted by atomic mass is 16.5. The molecule has 0 unspecified atom stereocenters. The molecule has 29 heavy (non-hydrogen) atoms. The second kappa shape index (κ2) is 9.79. The third kappa shape index (κ3) is 5.51. The molecule has 1 aliphatic rings. The number of benzene rings is 2. The molecule has 1 heterocycles. The minimum atomic E-state index is -0.486. The van der Waals surface area contributed by atoms with Crippen molar-refractivity contribution in [1.82, 2.24) is 10.2 Å². The molecule has 1 N–H and O–H groups in total. The van der Waals surface area contributed by atoms with E-state index >= 15 is 0 Å². The fraction of sp³-hybridized carbons (Fsp3) is 0.458. The van der Waals surface area contributed by atoms with Gasteiger partial charge in [-0.15, -0.1) is 0 Å². The van der Waals surface area contributed by atoms with Gasteiger partial charge in [0.05, 0.1) is 0 Å². The normalized spacial score (nSPS) is 15.8. The summed E-state index contributed by atoms with van der Waals surface area (Å²) in [5.41, 5.74) is 4.59. The molecule has 1 saturated heterocycles. The summed E-state index contributed by atoms with van der Waals surface area (Å²) >= 11 is 0. The van der Waals surface area contributed by atoms with Crippen molar-refractivity contribution in [3.05, 3.63) is 59.2 Å². The Bertz CT molecular complexity index is 811. The largest absolute Gasteiger partial charge is 0.480 e. The number of hydrogen-bond acceptors (Lipinski definition) is 4. The van der Waals surface area contributed by atoms with E-state index < -0.39 is 6.10 Å². The van der Waals surface area contributed by atoms with E-state index in [1.54, 1.807) is 0 Å². The van der Waals surface area contributed by atoms with Crippen LogP contribution in [0.2, 0.25) is 0 Å². The van der Waals surface area contributed by atoms with E-state index in [4.69, 9.17) is 4.74 Å². The lowest BCUT2D eigenvalue weighted by Gasteiger charge is -2.34. The van der Waals surface area contributed by atoms with Gasteiger partial charge in [0, 0.05) is 38.4 Å². The Balaban J connectivity index is 1.54. The van der Waals surface area contributed by atoms with Gasteiger partial charge in [-0.05, 0) is 62.2 Å². The smallest absolute Gasteiger partial charge is 0.261 e. The monoisotopic (exact) mass is 395 g/mol. The summed E-state index contributed by atoms with van der Waals surface area (Å²) in [7, 11) is 2.16. The predicted molar refractivity (Wildman–Crippen MR) is 119 cm³/mol. The molecule has 3 rings (SSSR count). The fourth-order valence-corrected chi connectivity index (χ4v) is 3.52. The number of nitrogens with one attached hydrogen (secondary N) is 1. The van der Waals surface area contributed by atoms with Gasteiger partial charge in [-0.2, -0.15) is 0 Å². The van der Waals surface area contributed by atoms with Crippen molar-refractivity contribution in [2.75, 3.05) is 38.1 Å². The first kappa shape index (κ1) is 21.2. The number of carbonyl (C=O) groups is 1. The SMILES string of the molecule is CC[C@@H](Oc1cccc(C)c1C)C(=O)NCc1ccc(N2CCN(C)CC2)cc1. The van der Waals surface area contributed by atoms with Crippen molar-refractivity contribution in [2.45, 2.75) is 39.8 Å². The molecule has 0 radical (unpaired) electrons. The summed E-state index contributed by atoms with van der Waals surface area (Å²) in [6.07, 6.45) is 0.141. The summed E-state index contributed by atoms with van der Waals surface area (Å²) in [4.78, 5) is 17.4. The lowest BCUT2D eigenvalue weighted by Crippen LogP contribution is -2.44. The number of aryl methyl sites for hydroxylation is 1. The lowest BCUT2D eigenvalue weighted by atomic mass is 10.1. The van der Waals surface area contributed by atoms with Crippen LogP contribution >= 0.6 is 0 Å². The Morgan fingerprint density at radius 2 is 1.76 bits per heavy atom. The predicted octanol–water partition coefficient (Wildman–Crippen LogP) is 3.53. The molecule has 0 spiro atoms. The zero-order valence-electron chi connectivity index (χ0n) is 18.1. The van der Waals surface area contributed by atoms with Gasteiger partial charge in [0.2, 0.25) is 0 Å². The van der Waals surface area contributed by atoms with Crippen LogP contribution in [0.25, 0.3) is 0 Å². The van der Waals surface area contributed by atoms with Gasteiger partial charge in [0.15, 0.2) is 6.10 Å². The maximum Gasteiger partial charge on any atom is 0.261 e. The molecule has 0 aliphatic carbocycles. The number of piperazine rings is 1. The molecule has 156 valence electrons. The Morgan fingerprint density at radius 3 is 2.41 bits per heavy atom. The van der Waals surface area contributed by atoms with Gasteiger partial charge >= 0.3 is 0 Å². The summed E-state index contributed by atoms with van der Waals surface area (Å²) in [6, 6.07) is 14.4. The molecule has 0 bridgehead atoms. The van der Waals surface area contributed by atoms with Gasteiger partial charge in [-0.25, -0.2) is 0 Å². The van der Waals surface area contributed by atoms with Crippen LogP contribution in [0.3, 0.4) is 0 Å². The van der Waals surface area contributed by atoms with Crippen LogP contribution in [0.5, 0.6) is 5.75 Å². The summed E-state index contributed by atoms with van der Waals surface area (Å²) in [5, 5.41) is 3.02. The second-order valence-corrected chi connectivity index (χ2v) is 7.89. The van der Waals surface area contributed by atoms with Crippen molar-refractivity contribution in [3.63, 3.8) is 0 Å². The second-order valence-electron chi connectivity index (χ2n) is 7.89. The van der Waals surface area contributed by atoms with Crippen molar-refractivity contribution < 1.29 is 9.53 Å². The fourth-order valence-electron chi connectivity index (χ4n) is 3.52. The molecule has 1 atom stereocenters. The van der Waals surface area contributed by atoms with Gasteiger partial charge < -0.3 is 19.9 Å². The maximum atomic E-state index is 12.6. The van der Waals surface area contributed by atoms with Crippen LogP contribution in [-0.4, -0.2) is 50.1 Å². The number of amides is 1. The minimum Gasteiger partial charge on any atom is -0.480 e. The Kier molecular flexibility index (Phi) is 7.15. The topological polar surface area (TPSA) is 44.8 Å². The summed E-state index contributed by atoms with van der Waals surface area (Å²) < 4.78 is 6.01. The molecule has 1 aliphatic heterocycles. The van der Waals surface area contributed by atoms with E-state index in [0.29, 0.717) is 13.0 Å². The standard InChI is InChI=1S/C24H33N3O2/c1-5-22(29-23-8-6-7-18(2)19(23)3)24(28)25-17-20-9-11-21(12-10-20)27-15-13-26(4)14-16-27/h6-12,22H,5,13-17H2,1-4H3,(H,25,28)/t22-/m1/s1. The highest BCUT2D eigenvalue weighted by molar-refractivity contribution is 5.81. The Labute approximate surface area is 174 Å². The van der Waals surface area contributed by atoms with Crippen LogP contribution in [0.1, 0.15) is 30.0 Å². The molecule has 1 amide bonds. The number of nitrogens with zero attached hydrogens (tertiary/aromatic N) is 2. The number of rotatable bonds is 7. The lowest BCUT2D eigenvalue weighted by molar-refractivity contribution is -0.128. The number of carbonyl (C=O) groups excluding carboxylic acids is 1. The minimum absolute atomic E-state index is 0.0726. The van der Waals surface area contributed by atoms with E-state index in [1.807, 2.05) is 26.0 Å². The van der Waals surface area contributed by atoms with Crippen LogP contribution in [0.15, 0.2) is 42.5 Å². The highest BCUT2D eigenvalue weighted by Gasteiger charge is 2.19. The van der Waals surface area contributed by atoms with E-state index in [9.17, 15) is 4.79 Å². The molecule has 5 heteroatoms. The first-order chi connectivity index (χ1) is 14.0. The molecule has 2 aromatic rings. The quantitative estimate of drug-likeness (QED) is 0.779. The average Bonchev–Trinajstić information content (AvgIpc) is 2.74. The Morgan fingerprint density at radius 1 is 1.07 bits per heavy atom. The molecular weight excluding hydrogens is 362 g/mol. The molecular formula is C24H33N3O2. The summed E-state index contributed by atoms with van der Waals surface area (Å²) in [5.74, 6) is 0.708. The highest BCUT2D eigenvalue weighted by Crippen LogP contribution is 2.22. The van der Waals surface area contributed by atoms with E-state index in [2.05, 4.69) is 59.4 Å². The third-order valence-corrected chi connectivity index (χ3v) is 5.76. The average molecular weight is 396 g/mol. The maximum absolute atomic E-state index is 12.6. The first-order valence-corrected chi connectivity index (χ1v) is 10.5. The number of anilines is 1. The van der Waals surface area contributed by atoms with E-state index in [1.165, 1.54) is 11.3 Å². The van der Waals surface area contributed by atoms with Gasteiger partial charge in [0.1, 0.15) is 5.75 Å². The summed E-state index contributed by atoms with van der Waals surface area (Å²) in [6.45, 7) is 10.9. The van der Waals surface area contributed by atoms with Gasteiger partial charge in [0.25, 0.3) is 5.91 Å². The molecule has 2 aromatic carbocycles. The van der Waals surface area contributed by atoms with Gasteiger partial charge in [-0.3, -0.25) is 4.79 Å².